The molecule has 0 saturated carbocycles. The zero-order valence-corrected chi connectivity index (χ0v) is 11.8. The fraction of sp³-hybridized carbons (Fsp3) is 0.222. The van der Waals surface area contributed by atoms with Gasteiger partial charge in [-0.15, -0.1) is 0 Å². The van der Waals surface area contributed by atoms with Gasteiger partial charge in [0.1, 0.15) is 0 Å². The molecule has 0 bridgehead atoms. The van der Waals surface area contributed by atoms with Gasteiger partial charge in [0.25, 0.3) is 0 Å². The van der Waals surface area contributed by atoms with Gasteiger partial charge in [-0.05, 0) is 35.1 Å². The van der Waals surface area contributed by atoms with E-state index in [0.717, 1.165) is 47.7 Å². The molecule has 0 heterocycles. The summed E-state index contributed by atoms with van der Waals surface area (Å²) in [5.74, 6) is 0. The minimum Gasteiger partial charge on any atom is -0.298 e. The maximum Gasteiger partial charge on any atom is 0.150 e. The van der Waals surface area contributed by atoms with Crippen LogP contribution in [0.5, 0.6) is 0 Å². The van der Waals surface area contributed by atoms with E-state index in [4.69, 9.17) is 0 Å². The molecule has 0 radical (unpaired) electrons. The quantitative estimate of drug-likeness (QED) is 0.763. The highest BCUT2D eigenvalue weighted by Crippen LogP contribution is 2.33. The average molecular weight is 266 g/mol. The summed E-state index contributed by atoms with van der Waals surface area (Å²) < 4.78 is 0. The van der Waals surface area contributed by atoms with Crippen molar-refractivity contribution in [3.63, 3.8) is 0 Å². The predicted octanol–water partition coefficient (Wildman–Crippen LogP) is 4.10. The van der Waals surface area contributed by atoms with Crippen LogP contribution < -0.4 is 0 Å². The summed E-state index contributed by atoms with van der Waals surface area (Å²) in [7, 11) is 0. The van der Waals surface area contributed by atoms with Gasteiger partial charge < -0.3 is 0 Å². The normalized spacial score (nSPS) is 10.3. The first-order valence-corrected chi connectivity index (χ1v) is 6.91. The van der Waals surface area contributed by atoms with Gasteiger partial charge in [0.05, 0.1) is 0 Å². The lowest BCUT2D eigenvalue weighted by molar-refractivity contribution is 0.111. The Morgan fingerprint density at radius 1 is 0.750 bits per heavy atom. The van der Waals surface area contributed by atoms with Crippen LogP contribution in [0.25, 0.3) is 11.1 Å². The van der Waals surface area contributed by atoms with Crippen molar-refractivity contribution in [1.29, 1.82) is 0 Å². The van der Waals surface area contributed by atoms with Crippen LogP contribution in [0.2, 0.25) is 0 Å². The van der Waals surface area contributed by atoms with Gasteiger partial charge >= 0.3 is 0 Å². The summed E-state index contributed by atoms with van der Waals surface area (Å²) in [6, 6.07) is 11.4. The number of hydrogen-bond donors (Lipinski definition) is 0. The largest absolute Gasteiger partial charge is 0.298 e. The van der Waals surface area contributed by atoms with E-state index >= 15 is 0 Å². The lowest BCUT2D eigenvalue weighted by atomic mass is 9.87. The molecule has 0 amide bonds. The molecular weight excluding hydrogens is 248 g/mol. The Hall–Kier alpha value is -2.22. The van der Waals surface area contributed by atoms with E-state index in [0.29, 0.717) is 11.1 Å². The second-order valence-electron chi connectivity index (χ2n) is 4.71. The number of aryl methyl sites for hydroxylation is 2. The van der Waals surface area contributed by atoms with Crippen molar-refractivity contribution in [3.8, 4) is 11.1 Å². The molecule has 0 spiro atoms. The van der Waals surface area contributed by atoms with Crippen LogP contribution in [0, 0.1) is 0 Å². The molecule has 0 N–H and O–H groups in total. The van der Waals surface area contributed by atoms with Gasteiger partial charge in [-0.3, -0.25) is 9.59 Å². The van der Waals surface area contributed by atoms with E-state index in [9.17, 15) is 9.59 Å². The highest BCUT2D eigenvalue weighted by atomic mass is 16.1. The molecule has 0 saturated heterocycles. The third-order valence-corrected chi connectivity index (χ3v) is 3.63. The molecule has 2 rings (SSSR count). The molecule has 2 aromatic carbocycles. The first kappa shape index (κ1) is 14.2. The Morgan fingerprint density at radius 3 is 1.45 bits per heavy atom. The van der Waals surface area contributed by atoms with Crippen LogP contribution in [-0.4, -0.2) is 12.6 Å². The summed E-state index contributed by atoms with van der Waals surface area (Å²) in [4.78, 5) is 22.8. The molecule has 2 aromatic rings. The van der Waals surface area contributed by atoms with Crippen LogP contribution in [-0.2, 0) is 12.8 Å². The van der Waals surface area contributed by atoms with Crippen LogP contribution >= 0.6 is 0 Å². The SMILES string of the molecule is CCc1cccc(C=O)c1-c1c(C=O)cccc1CC. The second kappa shape index (κ2) is 6.29. The maximum absolute atomic E-state index is 11.4. The molecule has 102 valence electrons. The van der Waals surface area contributed by atoms with Crippen molar-refractivity contribution >= 4 is 12.6 Å². The third-order valence-electron chi connectivity index (χ3n) is 3.63. The number of aldehydes is 2. The Balaban J connectivity index is 2.86. The van der Waals surface area contributed by atoms with Gasteiger partial charge in [0.2, 0.25) is 0 Å². The molecule has 2 heteroatoms. The van der Waals surface area contributed by atoms with Crippen molar-refractivity contribution in [3.05, 3.63) is 58.7 Å². The fourth-order valence-electron chi connectivity index (χ4n) is 2.64. The smallest absolute Gasteiger partial charge is 0.150 e. The van der Waals surface area contributed by atoms with Gasteiger partial charge in [-0.2, -0.15) is 0 Å². The number of carbonyl (C=O) groups is 2. The average Bonchev–Trinajstić information content (AvgIpc) is 2.52. The van der Waals surface area contributed by atoms with E-state index < -0.39 is 0 Å². The number of rotatable bonds is 5. The molecule has 0 aromatic heterocycles. The monoisotopic (exact) mass is 266 g/mol. The highest BCUT2D eigenvalue weighted by Gasteiger charge is 2.15. The number of carbonyl (C=O) groups excluding carboxylic acids is 2. The zero-order valence-electron chi connectivity index (χ0n) is 11.8. The predicted molar refractivity (Wildman–Crippen MR) is 81.4 cm³/mol. The van der Waals surface area contributed by atoms with Crippen molar-refractivity contribution in [1.82, 2.24) is 0 Å². The standard InChI is InChI=1S/C18H18O2/c1-3-13-7-5-9-15(11-19)17(13)18-14(4-2)8-6-10-16(18)12-20/h5-12H,3-4H2,1-2H3. The summed E-state index contributed by atoms with van der Waals surface area (Å²) >= 11 is 0. The summed E-state index contributed by atoms with van der Waals surface area (Å²) in [6.45, 7) is 4.12. The zero-order chi connectivity index (χ0) is 14.5. The number of hydrogen-bond acceptors (Lipinski definition) is 2. The Labute approximate surface area is 119 Å². The molecule has 20 heavy (non-hydrogen) atoms. The molecular formula is C18H18O2. The maximum atomic E-state index is 11.4. The molecule has 0 aliphatic heterocycles. The van der Waals surface area contributed by atoms with Gasteiger partial charge in [-0.25, -0.2) is 0 Å². The van der Waals surface area contributed by atoms with E-state index in [2.05, 4.69) is 13.8 Å². The van der Waals surface area contributed by atoms with Crippen molar-refractivity contribution in [2.75, 3.05) is 0 Å². The highest BCUT2D eigenvalue weighted by molar-refractivity contribution is 5.96. The topological polar surface area (TPSA) is 34.1 Å². The molecule has 2 nitrogen and oxygen atoms in total. The molecule has 0 aliphatic carbocycles. The lowest BCUT2D eigenvalue weighted by Crippen LogP contribution is -2.01. The van der Waals surface area contributed by atoms with E-state index in [1.165, 1.54) is 0 Å². The Morgan fingerprint density at radius 2 is 1.15 bits per heavy atom. The molecule has 0 fully saturated rings. The van der Waals surface area contributed by atoms with Crippen molar-refractivity contribution in [2.45, 2.75) is 26.7 Å². The van der Waals surface area contributed by atoms with Crippen LogP contribution in [0.15, 0.2) is 36.4 Å². The molecule has 0 unspecified atom stereocenters. The summed E-state index contributed by atoms with van der Waals surface area (Å²) in [5, 5.41) is 0. The first-order valence-electron chi connectivity index (χ1n) is 6.91. The molecule has 0 aliphatic rings. The Kier molecular flexibility index (Phi) is 4.46. The van der Waals surface area contributed by atoms with Gasteiger partial charge in [0, 0.05) is 11.1 Å². The van der Waals surface area contributed by atoms with E-state index in [1.807, 2.05) is 36.4 Å². The molecule has 0 atom stereocenters. The summed E-state index contributed by atoms with van der Waals surface area (Å²) in [6.07, 6.45) is 3.39. The Bertz CT molecular complexity index is 584. The summed E-state index contributed by atoms with van der Waals surface area (Å²) in [5.41, 5.74) is 5.30. The van der Waals surface area contributed by atoms with Crippen LogP contribution in [0.3, 0.4) is 0 Å². The van der Waals surface area contributed by atoms with E-state index in [-0.39, 0.29) is 0 Å². The fourth-order valence-corrected chi connectivity index (χ4v) is 2.64. The third kappa shape index (κ3) is 2.42. The van der Waals surface area contributed by atoms with Crippen LogP contribution in [0.1, 0.15) is 45.7 Å². The minimum absolute atomic E-state index is 0.647. The van der Waals surface area contributed by atoms with E-state index in [1.54, 1.807) is 0 Å². The van der Waals surface area contributed by atoms with Gasteiger partial charge in [-0.1, -0.05) is 50.2 Å². The lowest BCUT2D eigenvalue weighted by Gasteiger charge is -2.16. The van der Waals surface area contributed by atoms with Crippen LogP contribution in [0.4, 0.5) is 0 Å². The number of benzene rings is 2. The van der Waals surface area contributed by atoms with Crippen molar-refractivity contribution in [2.24, 2.45) is 0 Å². The second-order valence-corrected chi connectivity index (χ2v) is 4.71. The minimum atomic E-state index is 0.647. The van der Waals surface area contributed by atoms with Gasteiger partial charge in [0.15, 0.2) is 12.6 Å². The van der Waals surface area contributed by atoms with Crippen molar-refractivity contribution < 1.29 is 9.59 Å². The first-order chi connectivity index (χ1) is 9.76.